The van der Waals surface area contributed by atoms with Gasteiger partial charge in [-0.3, -0.25) is 14.9 Å². The number of hydrazone groups is 1. The molecule has 0 spiro atoms. The van der Waals surface area contributed by atoms with E-state index in [2.05, 4.69) is 42.4 Å². The number of nitrogens with one attached hydrogen (secondary N) is 1. The number of carbonyl (C=O) groups is 2. The van der Waals surface area contributed by atoms with Crippen LogP contribution in [0.2, 0.25) is 0 Å². The molecule has 0 atom stereocenters. The smallest absolute Gasteiger partial charge is 0.343 e. The number of ether oxygens (including phenoxy) is 4. The lowest BCUT2D eigenvalue weighted by Crippen LogP contribution is -2.24. The molecule has 0 fully saturated rings. The molecule has 3 rings (SSSR count). The molecule has 0 unspecified atom stereocenters. The molecule has 0 saturated carbocycles. The fourth-order valence-electron chi connectivity index (χ4n) is 2.90. The summed E-state index contributed by atoms with van der Waals surface area (Å²) >= 11 is 6.71. The second-order valence-electron chi connectivity index (χ2n) is 7.10. The topological polar surface area (TPSA) is 139 Å². The van der Waals surface area contributed by atoms with Gasteiger partial charge in [0.05, 0.1) is 35.4 Å². The number of benzene rings is 3. The first-order valence-corrected chi connectivity index (χ1v) is 11.9. The number of esters is 1. The Hall–Kier alpha value is -3.97. The van der Waals surface area contributed by atoms with E-state index in [0.717, 1.165) is 4.47 Å². The monoisotopic (exact) mass is 635 g/mol. The molecular formula is C24H19Br2N3O8. The number of methoxy groups -OCH3 is 2. The van der Waals surface area contributed by atoms with Crippen LogP contribution in [0.3, 0.4) is 0 Å². The molecule has 3 aromatic rings. The average Bonchev–Trinajstić information content (AvgIpc) is 2.88. The van der Waals surface area contributed by atoms with Gasteiger partial charge in [-0.1, -0.05) is 15.9 Å². The highest BCUT2D eigenvalue weighted by Crippen LogP contribution is 2.38. The van der Waals surface area contributed by atoms with E-state index < -0.39 is 16.8 Å². The second kappa shape index (κ2) is 12.8. The Bertz CT molecular complexity index is 1350. The van der Waals surface area contributed by atoms with Gasteiger partial charge in [0, 0.05) is 16.6 Å². The zero-order valence-electron chi connectivity index (χ0n) is 19.4. The average molecular weight is 637 g/mol. The summed E-state index contributed by atoms with van der Waals surface area (Å²) in [6.07, 6.45) is 1.37. The number of carbonyl (C=O) groups excluding carboxylic acids is 2. The van der Waals surface area contributed by atoms with Gasteiger partial charge < -0.3 is 18.9 Å². The highest BCUT2D eigenvalue weighted by Gasteiger charge is 2.15. The number of rotatable bonds is 10. The minimum atomic E-state index is -0.712. The van der Waals surface area contributed by atoms with Crippen LogP contribution in [0.4, 0.5) is 5.69 Å². The van der Waals surface area contributed by atoms with Crippen LogP contribution >= 0.6 is 31.9 Å². The van der Waals surface area contributed by atoms with Gasteiger partial charge in [-0.05, 0) is 64.0 Å². The Labute approximate surface area is 227 Å². The molecule has 0 radical (unpaired) electrons. The summed E-state index contributed by atoms with van der Waals surface area (Å²) in [4.78, 5) is 34.7. The van der Waals surface area contributed by atoms with Gasteiger partial charge in [-0.2, -0.15) is 5.10 Å². The second-order valence-corrected chi connectivity index (χ2v) is 8.87. The molecule has 13 heteroatoms. The van der Waals surface area contributed by atoms with Crippen LogP contribution in [0.25, 0.3) is 0 Å². The van der Waals surface area contributed by atoms with Gasteiger partial charge in [0.1, 0.15) is 0 Å². The number of non-ortho nitro benzene ring substituents is 1. The van der Waals surface area contributed by atoms with E-state index in [1.807, 2.05) is 0 Å². The molecule has 0 aromatic heterocycles. The Morgan fingerprint density at radius 3 is 2.35 bits per heavy atom. The van der Waals surface area contributed by atoms with Crippen molar-refractivity contribution < 1.29 is 33.5 Å². The molecule has 0 aliphatic carbocycles. The van der Waals surface area contributed by atoms with Crippen molar-refractivity contribution in [1.82, 2.24) is 5.43 Å². The Balaban J connectivity index is 1.59. The van der Waals surface area contributed by atoms with Gasteiger partial charge in [0.25, 0.3) is 11.6 Å². The number of nitro groups is 1. The summed E-state index contributed by atoms with van der Waals surface area (Å²) in [5.74, 6) is -0.0346. The number of nitro benzene ring substituents is 1. The normalized spacial score (nSPS) is 10.6. The molecule has 3 aromatic carbocycles. The molecule has 11 nitrogen and oxygen atoms in total. The third kappa shape index (κ3) is 7.51. The number of nitrogens with zero attached hydrogens (tertiary/aromatic N) is 2. The molecule has 192 valence electrons. The maximum absolute atomic E-state index is 12.4. The van der Waals surface area contributed by atoms with E-state index in [-0.39, 0.29) is 29.4 Å². The summed E-state index contributed by atoms with van der Waals surface area (Å²) < 4.78 is 22.8. The van der Waals surface area contributed by atoms with Crippen LogP contribution < -0.4 is 24.4 Å². The zero-order chi connectivity index (χ0) is 26.9. The summed E-state index contributed by atoms with van der Waals surface area (Å²) in [7, 11) is 2.88. The van der Waals surface area contributed by atoms with Gasteiger partial charge in [-0.15, -0.1) is 0 Å². The van der Waals surface area contributed by atoms with E-state index in [0.29, 0.717) is 21.5 Å². The van der Waals surface area contributed by atoms with E-state index in [1.54, 1.807) is 24.3 Å². The van der Waals surface area contributed by atoms with Crippen molar-refractivity contribution in [3.05, 3.63) is 84.8 Å². The lowest BCUT2D eigenvalue weighted by Gasteiger charge is -2.12. The van der Waals surface area contributed by atoms with Crippen molar-refractivity contribution in [3.8, 4) is 23.0 Å². The van der Waals surface area contributed by atoms with Crippen LogP contribution in [-0.2, 0) is 4.79 Å². The van der Waals surface area contributed by atoms with Gasteiger partial charge >= 0.3 is 5.97 Å². The summed E-state index contributed by atoms with van der Waals surface area (Å²) in [5.41, 5.74) is 2.89. The van der Waals surface area contributed by atoms with Crippen LogP contribution in [0.1, 0.15) is 15.9 Å². The van der Waals surface area contributed by atoms with Crippen molar-refractivity contribution in [3.63, 3.8) is 0 Å². The fourth-order valence-corrected chi connectivity index (χ4v) is 4.20. The molecule has 1 amide bonds. The maximum atomic E-state index is 12.4. The van der Waals surface area contributed by atoms with Crippen molar-refractivity contribution in [2.45, 2.75) is 0 Å². The SMILES string of the molecule is COc1cc(/C=N/NC(=O)COc2c(Br)cc(Br)cc2OC)ccc1OC(=O)c1ccc([N+](=O)[O-])cc1. The molecule has 1 N–H and O–H groups in total. The minimum Gasteiger partial charge on any atom is -0.493 e. The van der Waals surface area contributed by atoms with E-state index in [4.69, 9.17) is 18.9 Å². The van der Waals surface area contributed by atoms with E-state index >= 15 is 0 Å². The van der Waals surface area contributed by atoms with Gasteiger partial charge in [-0.25, -0.2) is 10.2 Å². The van der Waals surface area contributed by atoms with Crippen molar-refractivity contribution in [1.29, 1.82) is 0 Å². The molecule has 37 heavy (non-hydrogen) atoms. The molecule has 0 heterocycles. The van der Waals surface area contributed by atoms with E-state index in [9.17, 15) is 19.7 Å². The first-order chi connectivity index (χ1) is 17.7. The van der Waals surface area contributed by atoms with Crippen LogP contribution in [0.5, 0.6) is 23.0 Å². The highest BCUT2D eigenvalue weighted by molar-refractivity contribution is 9.11. The Morgan fingerprint density at radius 2 is 1.70 bits per heavy atom. The van der Waals surface area contributed by atoms with Crippen LogP contribution in [0.15, 0.2) is 68.6 Å². The maximum Gasteiger partial charge on any atom is 0.343 e. The lowest BCUT2D eigenvalue weighted by molar-refractivity contribution is -0.384. The summed E-state index contributed by atoms with van der Waals surface area (Å²) in [5, 5.41) is 14.7. The quantitative estimate of drug-likeness (QED) is 0.109. The third-order valence-electron chi connectivity index (χ3n) is 4.65. The predicted octanol–water partition coefficient (Wildman–Crippen LogP) is 4.89. The summed E-state index contributed by atoms with van der Waals surface area (Å²) in [6, 6.07) is 13.1. The molecule has 0 saturated heterocycles. The number of hydrogen-bond acceptors (Lipinski definition) is 9. The number of halogens is 2. The van der Waals surface area contributed by atoms with Crippen molar-refractivity contribution >= 4 is 55.6 Å². The third-order valence-corrected chi connectivity index (χ3v) is 5.70. The lowest BCUT2D eigenvalue weighted by atomic mass is 10.2. The molecular weight excluding hydrogens is 618 g/mol. The summed E-state index contributed by atoms with van der Waals surface area (Å²) in [6.45, 7) is -0.311. The zero-order valence-corrected chi connectivity index (χ0v) is 22.6. The molecule has 0 aliphatic rings. The first kappa shape index (κ1) is 27.6. The number of hydrogen-bond donors (Lipinski definition) is 1. The van der Waals surface area contributed by atoms with Crippen LogP contribution in [-0.4, -0.2) is 43.8 Å². The fraction of sp³-hybridized carbons (Fsp3) is 0.125. The molecule has 0 aliphatic heterocycles. The van der Waals surface area contributed by atoms with Crippen molar-refractivity contribution in [2.75, 3.05) is 20.8 Å². The van der Waals surface area contributed by atoms with Gasteiger partial charge in [0.15, 0.2) is 29.6 Å². The van der Waals surface area contributed by atoms with Gasteiger partial charge in [0.2, 0.25) is 0 Å². The Kier molecular flexibility index (Phi) is 9.57. The predicted molar refractivity (Wildman–Crippen MR) is 141 cm³/mol. The largest absolute Gasteiger partial charge is 0.493 e. The highest BCUT2D eigenvalue weighted by atomic mass is 79.9. The standard InChI is InChI=1S/C24H19Br2N3O8/c1-34-20-9-14(3-8-19(20)37-24(31)15-4-6-17(7-5-15)29(32)33)12-27-28-22(30)13-36-23-18(26)10-16(25)11-21(23)35-2/h3-12H,13H2,1-2H3,(H,28,30)/b27-12+. The first-order valence-electron chi connectivity index (χ1n) is 10.3. The van der Waals surface area contributed by atoms with Crippen LogP contribution in [0, 0.1) is 10.1 Å². The van der Waals surface area contributed by atoms with Crippen molar-refractivity contribution in [2.24, 2.45) is 5.10 Å². The number of amides is 1. The minimum absolute atomic E-state index is 0.134. The van der Waals surface area contributed by atoms with E-state index in [1.165, 1.54) is 50.8 Å². The molecule has 0 bridgehead atoms. The Morgan fingerprint density at radius 1 is 1.00 bits per heavy atom.